The van der Waals surface area contributed by atoms with Crippen molar-refractivity contribution in [3.8, 4) is 0 Å². The summed E-state index contributed by atoms with van der Waals surface area (Å²) in [6, 6.07) is 3.69. The summed E-state index contributed by atoms with van der Waals surface area (Å²) in [7, 11) is 1.86. The average molecular weight is 379 g/mol. The number of rotatable bonds is 5. The van der Waals surface area contributed by atoms with Gasteiger partial charge in [-0.2, -0.15) is 0 Å². The third-order valence-corrected chi connectivity index (χ3v) is 6.74. The molecular weight excluding hydrogens is 356 g/mol. The van der Waals surface area contributed by atoms with E-state index in [1.807, 2.05) is 13.1 Å². The summed E-state index contributed by atoms with van der Waals surface area (Å²) in [5.74, 6) is -1.21. The van der Waals surface area contributed by atoms with E-state index < -0.39 is 5.97 Å². The van der Waals surface area contributed by atoms with Crippen LogP contribution in [0.5, 0.6) is 0 Å². The van der Waals surface area contributed by atoms with Crippen LogP contribution >= 0.6 is 22.7 Å². The van der Waals surface area contributed by atoms with Gasteiger partial charge in [0.25, 0.3) is 5.91 Å². The van der Waals surface area contributed by atoms with Crippen LogP contribution in [0.15, 0.2) is 12.1 Å². The number of fused-ring (bicyclic) bond motifs is 1. The van der Waals surface area contributed by atoms with E-state index in [0.29, 0.717) is 16.4 Å². The first-order valence-corrected chi connectivity index (χ1v) is 9.86. The molecule has 134 valence electrons. The summed E-state index contributed by atoms with van der Waals surface area (Å²) in [5.41, 5.74) is 1.26. The molecular formula is C18H22N2O3S2. The van der Waals surface area contributed by atoms with Gasteiger partial charge in [-0.05, 0) is 49.4 Å². The van der Waals surface area contributed by atoms with Crippen LogP contribution in [0, 0.1) is 5.41 Å². The SMILES string of the molecule is CNCc1ccc(C(=O)Nc2sc3c(c2C(=O)O)CC(C)(C)CC3)s1. The smallest absolute Gasteiger partial charge is 0.339 e. The van der Waals surface area contributed by atoms with E-state index in [2.05, 4.69) is 24.5 Å². The van der Waals surface area contributed by atoms with Crippen molar-refractivity contribution in [3.63, 3.8) is 0 Å². The molecule has 0 aliphatic heterocycles. The summed E-state index contributed by atoms with van der Waals surface area (Å²) >= 11 is 2.83. The van der Waals surface area contributed by atoms with Gasteiger partial charge < -0.3 is 15.7 Å². The van der Waals surface area contributed by atoms with E-state index in [1.165, 1.54) is 22.7 Å². The molecule has 0 bridgehead atoms. The number of nitrogens with one attached hydrogen (secondary N) is 2. The van der Waals surface area contributed by atoms with Crippen LogP contribution < -0.4 is 10.6 Å². The number of carbonyl (C=O) groups excluding carboxylic acids is 1. The van der Waals surface area contributed by atoms with Crippen molar-refractivity contribution in [3.05, 3.63) is 37.9 Å². The topological polar surface area (TPSA) is 78.4 Å². The van der Waals surface area contributed by atoms with Crippen LogP contribution in [0.3, 0.4) is 0 Å². The highest BCUT2D eigenvalue weighted by Crippen LogP contribution is 2.44. The lowest BCUT2D eigenvalue weighted by Crippen LogP contribution is -2.22. The lowest BCUT2D eigenvalue weighted by molar-refractivity contribution is 0.0696. The molecule has 2 aromatic rings. The van der Waals surface area contributed by atoms with Crippen LogP contribution in [-0.2, 0) is 19.4 Å². The number of amides is 1. The van der Waals surface area contributed by atoms with Crippen molar-refractivity contribution >= 4 is 39.6 Å². The van der Waals surface area contributed by atoms with Crippen molar-refractivity contribution in [2.75, 3.05) is 12.4 Å². The van der Waals surface area contributed by atoms with Gasteiger partial charge in [0.1, 0.15) is 5.00 Å². The lowest BCUT2D eigenvalue weighted by atomic mass is 9.76. The fourth-order valence-corrected chi connectivity index (χ4v) is 5.29. The highest BCUT2D eigenvalue weighted by molar-refractivity contribution is 7.17. The van der Waals surface area contributed by atoms with Crippen LogP contribution in [-0.4, -0.2) is 24.0 Å². The Morgan fingerprint density at radius 3 is 2.72 bits per heavy atom. The highest BCUT2D eigenvalue weighted by atomic mass is 32.1. The Morgan fingerprint density at radius 2 is 2.04 bits per heavy atom. The van der Waals surface area contributed by atoms with E-state index >= 15 is 0 Å². The summed E-state index contributed by atoms with van der Waals surface area (Å²) in [5, 5.41) is 16.0. The second-order valence-electron chi connectivity index (χ2n) is 7.10. The molecule has 1 aliphatic carbocycles. The van der Waals surface area contributed by atoms with Crippen molar-refractivity contribution in [2.45, 2.75) is 39.7 Å². The fraction of sp³-hybridized carbons (Fsp3) is 0.444. The molecule has 0 radical (unpaired) electrons. The number of carboxylic acid groups (broad SMARTS) is 1. The number of anilines is 1. The molecule has 3 rings (SSSR count). The van der Waals surface area contributed by atoms with Crippen LogP contribution in [0.2, 0.25) is 0 Å². The Kier molecular flexibility index (Phi) is 4.99. The molecule has 2 heterocycles. The standard InChI is InChI=1S/C18H22N2O3S2/c1-18(2)7-6-12-11(8-18)14(17(22)23)16(25-12)20-15(21)13-5-4-10(24-13)9-19-3/h4-5,19H,6-9H2,1-3H3,(H,20,21)(H,22,23). The largest absolute Gasteiger partial charge is 0.478 e. The molecule has 3 N–H and O–H groups in total. The third-order valence-electron chi connectivity index (χ3n) is 4.45. The summed E-state index contributed by atoms with van der Waals surface area (Å²) in [6.07, 6.45) is 2.64. The van der Waals surface area contributed by atoms with Gasteiger partial charge in [-0.1, -0.05) is 13.8 Å². The van der Waals surface area contributed by atoms with E-state index in [4.69, 9.17) is 0 Å². The average Bonchev–Trinajstić information content (AvgIpc) is 3.10. The molecule has 0 spiro atoms. The molecule has 0 unspecified atom stereocenters. The van der Waals surface area contributed by atoms with Crippen LogP contribution in [0.1, 0.15) is 55.6 Å². The molecule has 25 heavy (non-hydrogen) atoms. The van der Waals surface area contributed by atoms with E-state index in [9.17, 15) is 14.7 Å². The van der Waals surface area contributed by atoms with Crippen molar-refractivity contribution in [2.24, 2.45) is 5.41 Å². The van der Waals surface area contributed by atoms with Crippen molar-refractivity contribution < 1.29 is 14.7 Å². The minimum atomic E-state index is -0.965. The van der Waals surface area contributed by atoms with Gasteiger partial charge in [0.05, 0.1) is 10.4 Å². The number of carboxylic acids is 1. The van der Waals surface area contributed by atoms with Gasteiger partial charge in [0, 0.05) is 16.3 Å². The number of hydrogen-bond donors (Lipinski definition) is 3. The Labute approximate surface area is 155 Å². The van der Waals surface area contributed by atoms with E-state index in [-0.39, 0.29) is 16.9 Å². The summed E-state index contributed by atoms with van der Waals surface area (Å²) < 4.78 is 0. The van der Waals surface area contributed by atoms with Crippen LogP contribution in [0.25, 0.3) is 0 Å². The summed E-state index contributed by atoms with van der Waals surface area (Å²) in [6.45, 7) is 5.03. The van der Waals surface area contributed by atoms with Gasteiger partial charge in [0.2, 0.25) is 0 Å². The lowest BCUT2D eigenvalue weighted by Gasteiger charge is -2.29. The Morgan fingerprint density at radius 1 is 1.28 bits per heavy atom. The van der Waals surface area contributed by atoms with Gasteiger partial charge >= 0.3 is 5.97 Å². The Hall–Kier alpha value is -1.70. The molecule has 7 heteroatoms. The normalized spacial score (nSPS) is 15.6. The second kappa shape index (κ2) is 6.90. The molecule has 0 saturated heterocycles. The molecule has 1 amide bonds. The molecule has 0 saturated carbocycles. The van der Waals surface area contributed by atoms with Gasteiger partial charge in [-0.3, -0.25) is 4.79 Å². The van der Waals surface area contributed by atoms with Gasteiger partial charge in [0.15, 0.2) is 0 Å². The number of thiophene rings is 2. The van der Waals surface area contributed by atoms with Gasteiger partial charge in [-0.25, -0.2) is 4.79 Å². The fourth-order valence-electron chi connectivity index (χ4n) is 3.17. The Bertz CT molecular complexity index is 820. The zero-order valence-corrected chi connectivity index (χ0v) is 16.2. The quantitative estimate of drug-likeness (QED) is 0.735. The number of aryl methyl sites for hydroxylation is 1. The number of hydrogen-bond acceptors (Lipinski definition) is 5. The molecule has 0 aromatic carbocycles. The number of aromatic carboxylic acids is 1. The predicted molar refractivity (Wildman–Crippen MR) is 102 cm³/mol. The zero-order chi connectivity index (χ0) is 18.2. The predicted octanol–water partition coefficient (Wildman–Crippen LogP) is 3.99. The zero-order valence-electron chi connectivity index (χ0n) is 14.6. The molecule has 0 fully saturated rings. The van der Waals surface area contributed by atoms with Crippen LogP contribution in [0.4, 0.5) is 5.00 Å². The summed E-state index contributed by atoms with van der Waals surface area (Å²) in [4.78, 5) is 27.1. The van der Waals surface area contributed by atoms with Gasteiger partial charge in [-0.15, -0.1) is 22.7 Å². The maximum atomic E-state index is 12.5. The molecule has 2 aromatic heterocycles. The van der Waals surface area contributed by atoms with E-state index in [1.54, 1.807) is 6.07 Å². The first-order chi connectivity index (χ1) is 11.8. The third kappa shape index (κ3) is 3.78. The van der Waals surface area contributed by atoms with Crippen molar-refractivity contribution in [1.82, 2.24) is 5.32 Å². The highest BCUT2D eigenvalue weighted by Gasteiger charge is 2.33. The maximum Gasteiger partial charge on any atom is 0.339 e. The minimum Gasteiger partial charge on any atom is -0.478 e. The minimum absolute atomic E-state index is 0.0926. The number of carbonyl (C=O) groups is 2. The second-order valence-corrected chi connectivity index (χ2v) is 9.38. The monoisotopic (exact) mass is 378 g/mol. The first-order valence-electron chi connectivity index (χ1n) is 8.23. The van der Waals surface area contributed by atoms with E-state index in [0.717, 1.165) is 34.6 Å². The first kappa shape index (κ1) is 18.1. The molecule has 1 aliphatic rings. The molecule has 0 atom stereocenters. The van der Waals surface area contributed by atoms with Crippen molar-refractivity contribution in [1.29, 1.82) is 0 Å². The Balaban J connectivity index is 1.88. The molecule has 5 nitrogen and oxygen atoms in total. The maximum absolute atomic E-state index is 12.5.